The molecule has 1 saturated heterocycles. The average Bonchev–Trinajstić information content (AvgIpc) is 3.54. The van der Waals surface area contributed by atoms with Crippen molar-refractivity contribution in [1.29, 1.82) is 0 Å². The molecule has 0 aromatic rings. The molecule has 0 spiro atoms. The normalized spacial score (nSPS) is 21.3. The van der Waals surface area contributed by atoms with Gasteiger partial charge in [-0.1, -0.05) is 142 Å². The molecule has 2 unspecified atom stereocenters. The van der Waals surface area contributed by atoms with E-state index in [1.54, 1.807) is 0 Å². The summed E-state index contributed by atoms with van der Waals surface area (Å²) in [5.74, 6) is 0. The maximum absolute atomic E-state index is 5.92. The monoisotopic (exact) mass is 552 g/mol. The fraction of sp³-hybridized carbons (Fsp3) is 0.400. The minimum Gasteiger partial charge on any atom is -0.362 e. The van der Waals surface area contributed by atoms with Crippen LogP contribution in [-0.2, 0) is 4.74 Å². The van der Waals surface area contributed by atoms with Crippen LogP contribution in [0.1, 0.15) is 94.9 Å². The highest BCUT2D eigenvalue weighted by Crippen LogP contribution is 2.41. The smallest absolute Gasteiger partial charge is 0.105 e. The second kappa shape index (κ2) is 19.8. The van der Waals surface area contributed by atoms with Gasteiger partial charge in [-0.3, -0.25) is 0 Å². The van der Waals surface area contributed by atoms with Gasteiger partial charge in [-0.2, -0.15) is 0 Å². The second-order valence-corrected chi connectivity index (χ2v) is 12.0. The number of hydrogen-bond acceptors (Lipinski definition) is 1. The van der Waals surface area contributed by atoms with Crippen molar-refractivity contribution in [1.82, 2.24) is 0 Å². The fourth-order valence-corrected chi connectivity index (χ4v) is 3.96. The van der Waals surface area contributed by atoms with Gasteiger partial charge in [0.2, 0.25) is 0 Å². The molecule has 0 bridgehead atoms. The number of allylic oxidation sites excluding steroid dienone is 23. The molecule has 41 heavy (non-hydrogen) atoms. The SMILES string of the molecule is CC(C)=CCC/C(C)=C/C=C/C(C)=C/C=C/C(C)=C/C=C/C=C(C)/C=C/C=C(C)/C=C/C1OC1(C)CCC=C(C)C. The maximum Gasteiger partial charge on any atom is 0.105 e. The van der Waals surface area contributed by atoms with Gasteiger partial charge in [0, 0.05) is 0 Å². The molecule has 1 aliphatic rings. The summed E-state index contributed by atoms with van der Waals surface area (Å²) in [5, 5.41) is 0. The molecule has 0 aliphatic carbocycles. The van der Waals surface area contributed by atoms with Gasteiger partial charge in [-0.05, 0) is 94.9 Å². The van der Waals surface area contributed by atoms with Crippen molar-refractivity contribution in [3.05, 3.63) is 142 Å². The van der Waals surface area contributed by atoms with Crippen molar-refractivity contribution in [2.45, 2.75) is 107 Å². The highest BCUT2D eigenvalue weighted by Gasteiger charge is 2.49. The molecule has 1 heterocycles. The predicted molar refractivity (Wildman–Crippen MR) is 185 cm³/mol. The molecule has 2 atom stereocenters. The van der Waals surface area contributed by atoms with E-state index in [0.29, 0.717) is 0 Å². The number of epoxide rings is 1. The van der Waals surface area contributed by atoms with Crippen LogP contribution in [0.4, 0.5) is 0 Å². The van der Waals surface area contributed by atoms with Crippen molar-refractivity contribution in [2.24, 2.45) is 0 Å². The summed E-state index contributed by atoms with van der Waals surface area (Å²) in [6.07, 6.45) is 41.3. The van der Waals surface area contributed by atoms with Crippen molar-refractivity contribution < 1.29 is 4.74 Å². The van der Waals surface area contributed by atoms with Crippen molar-refractivity contribution >= 4 is 0 Å². The van der Waals surface area contributed by atoms with E-state index in [1.807, 2.05) is 0 Å². The zero-order chi connectivity index (χ0) is 30.7. The maximum atomic E-state index is 5.92. The molecule has 0 amide bonds. The van der Waals surface area contributed by atoms with Gasteiger partial charge >= 0.3 is 0 Å². The summed E-state index contributed by atoms with van der Waals surface area (Å²) in [5.41, 5.74) is 9.04. The first-order valence-electron chi connectivity index (χ1n) is 15.1. The van der Waals surface area contributed by atoms with Crippen LogP contribution in [0.3, 0.4) is 0 Å². The molecular weight excluding hydrogens is 496 g/mol. The van der Waals surface area contributed by atoms with Crippen LogP contribution in [-0.4, -0.2) is 11.7 Å². The van der Waals surface area contributed by atoms with E-state index >= 15 is 0 Å². The Kier molecular flexibility index (Phi) is 17.4. The molecular formula is C40H56O. The van der Waals surface area contributed by atoms with E-state index in [4.69, 9.17) is 4.74 Å². The van der Waals surface area contributed by atoms with E-state index in [9.17, 15) is 0 Å². The largest absolute Gasteiger partial charge is 0.362 e. The summed E-state index contributed by atoms with van der Waals surface area (Å²) in [6, 6.07) is 0. The third kappa shape index (κ3) is 18.7. The first-order valence-corrected chi connectivity index (χ1v) is 15.1. The van der Waals surface area contributed by atoms with Crippen molar-refractivity contribution in [2.75, 3.05) is 0 Å². The molecule has 0 saturated carbocycles. The van der Waals surface area contributed by atoms with E-state index in [1.165, 1.54) is 39.0 Å². The number of ether oxygens (including phenoxy) is 1. The summed E-state index contributed by atoms with van der Waals surface area (Å²) >= 11 is 0. The Labute approximate surface area is 253 Å². The Bertz CT molecular complexity index is 1190. The molecule has 0 aromatic heterocycles. The zero-order valence-corrected chi connectivity index (χ0v) is 27.6. The Morgan fingerprint density at radius 3 is 1.51 bits per heavy atom. The predicted octanol–water partition coefficient (Wildman–Crippen LogP) is 12.1. The first-order chi connectivity index (χ1) is 19.4. The Morgan fingerprint density at radius 1 is 0.561 bits per heavy atom. The molecule has 1 fully saturated rings. The summed E-state index contributed by atoms with van der Waals surface area (Å²) < 4.78 is 5.92. The lowest BCUT2D eigenvalue weighted by Crippen LogP contribution is -2.07. The fourth-order valence-electron chi connectivity index (χ4n) is 3.96. The van der Waals surface area contributed by atoms with E-state index < -0.39 is 0 Å². The molecule has 0 radical (unpaired) electrons. The second-order valence-electron chi connectivity index (χ2n) is 12.0. The van der Waals surface area contributed by atoms with E-state index in [-0.39, 0.29) is 11.7 Å². The van der Waals surface area contributed by atoms with Gasteiger partial charge < -0.3 is 4.74 Å². The van der Waals surface area contributed by atoms with Crippen LogP contribution in [0.25, 0.3) is 0 Å². The lowest BCUT2D eigenvalue weighted by atomic mass is 10.00. The standard InChI is InChI=1S/C40H56O/c1-32(2)18-13-22-36(7)25-15-27-37(8)26-14-23-34(5)20-11-12-21-35(6)24-16-28-38(9)29-30-39-40(10,41-39)31-17-19-33(3)4/h11-12,14-16,18-21,23-30,39H,13,17,22,31H2,1-10H3/b12-11+,23-14+,24-16+,27-15+,30-29+,34-20+,35-21+,36-25+,37-26+,38-28+. The van der Waals surface area contributed by atoms with Crippen LogP contribution in [0.2, 0.25) is 0 Å². The van der Waals surface area contributed by atoms with Crippen LogP contribution in [0.15, 0.2) is 142 Å². The topological polar surface area (TPSA) is 12.5 Å². The quantitative estimate of drug-likeness (QED) is 0.105. The van der Waals surface area contributed by atoms with Gasteiger partial charge in [-0.15, -0.1) is 0 Å². The molecule has 1 rings (SSSR count). The molecule has 0 N–H and O–H groups in total. The van der Waals surface area contributed by atoms with Crippen molar-refractivity contribution in [3.8, 4) is 0 Å². The van der Waals surface area contributed by atoms with Gasteiger partial charge in [0.1, 0.15) is 6.10 Å². The van der Waals surface area contributed by atoms with E-state index in [2.05, 4.69) is 173 Å². The van der Waals surface area contributed by atoms with Gasteiger partial charge in [-0.25, -0.2) is 0 Å². The zero-order valence-electron chi connectivity index (χ0n) is 27.6. The summed E-state index contributed by atoms with van der Waals surface area (Å²) in [4.78, 5) is 0. The Hall–Kier alpha value is -3.16. The number of hydrogen-bond donors (Lipinski definition) is 0. The van der Waals surface area contributed by atoms with E-state index in [0.717, 1.165) is 25.7 Å². The highest BCUT2D eigenvalue weighted by atomic mass is 16.6. The molecule has 222 valence electrons. The molecule has 1 nitrogen and oxygen atoms in total. The molecule has 1 heteroatoms. The minimum absolute atomic E-state index is 0.00173. The minimum atomic E-state index is 0.00173. The lowest BCUT2D eigenvalue weighted by Gasteiger charge is -2.02. The molecule has 0 aromatic carbocycles. The van der Waals surface area contributed by atoms with Gasteiger partial charge in [0.05, 0.1) is 5.60 Å². The summed E-state index contributed by atoms with van der Waals surface area (Å²) in [7, 11) is 0. The molecule has 1 aliphatic heterocycles. The first kappa shape index (κ1) is 35.9. The Morgan fingerprint density at radius 2 is 1.00 bits per heavy atom. The third-order valence-corrected chi connectivity index (χ3v) is 6.76. The van der Waals surface area contributed by atoms with Crippen LogP contribution in [0.5, 0.6) is 0 Å². The highest BCUT2D eigenvalue weighted by molar-refractivity contribution is 5.32. The van der Waals surface area contributed by atoms with Crippen molar-refractivity contribution in [3.63, 3.8) is 0 Å². The third-order valence-electron chi connectivity index (χ3n) is 6.76. The van der Waals surface area contributed by atoms with Crippen LogP contribution in [0, 0.1) is 0 Å². The summed E-state index contributed by atoms with van der Waals surface area (Å²) in [6.45, 7) is 21.5. The average molecular weight is 553 g/mol. The lowest BCUT2D eigenvalue weighted by molar-refractivity contribution is 0.304. The van der Waals surface area contributed by atoms with Crippen LogP contribution < -0.4 is 0 Å². The number of rotatable bonds is 16. The Balaban J connectivity index is 2.48. The van der Waals surface area contributed by atoms with Gasteiger partial charge in [0.25, 0.3) is 0 Å². The van der Waals surface area contributed by atoms with Gasteiger partial charge in [0.15, 0.2) is 0 Å². The van der Waals surface area contributed by atoms with Crippen LogP contribution >= 0.6 is 0 Å².